The Bertz CT molecular complexity index is 545. The van der Waals surface area contributed by atoms with Crippen LogP contribution in [0.1, 0.15) is 46.1 Å². The van der Waals surface area contributed by atoms with E-state index in [1.54, 1.807) is 25.3 Å². The molecule has 118 valence electrons. The third kappa shape index (κ3) is 3.63. The molecule has 0 unspecified atom stereocenters. The lowest BCUT2D eigenvalue weighted by Crippen LogP contribution is -2.41. The van der Waals surface area contributed by atoms with Gasteiger partial charge in [-0.05, 0) is 45.6 Å². The van der Waals surface area contributed by atoms with Crippen molar-refractivity contribution in [2.24, 2.45) is 0 Å². The lowest BCUT2D eigenvalue weighted by molar-refractivity contribution is 0.00578. The van der Waals surface area contributed by atoms with Crippen LogP contribution < -0.4 is 4.74 Å². The zero-order valence-corrected chi connectivity index (χ0v) is 14.1. The molecule has 1 heterocycles. The molecular weight excluding hydrogens is 277 g/mol. The molecule has 0 radical (unpaired) electrons. The van der Waals surface area contributed by atoms with Gasteiger partial charge in [-0.15, -0.1) is 0 Å². The van der Waals surface area contributed by atoms with E-state index >= 15 is 0 Å². The second kappa shape index (κ2) is 6.32. The minimum atomic E-state index is -0.139. The summed E-state index contributed by atoms with van der Waals surface area (Å²) in [6.45, 7) is 8.43. The Kier molecular flexibility index (Phi) is 4.84. The summed E-state index contributed by atoms with van der Waals surface area (Å²) < 4.78 is 16.6. The molecule has 0 N–H and O–H groups in total. The zero-order chi connectivity index (χ0) is 16.4. The average Bonchev–Trinajstić information content (AvgIpc) is 3.28. The van der Waals surface area contributed by atoms with Crippen LogP contribution in [0.15, 0.2) is 24.3 Å². The van der Waals surface area contributed by atoms with Crippen molar-refractivity contribution in [3.8, 4) is 11.8 Å². The minimum Gasteiger partial charge on any atom is -0.495 e. The Balaban J connectivity index is 0.000000164. The Labute approximate surface area is 133 Å². The van der Waals surface area contributed by atoms with Gasteiger partial charge in [0.15, 0.2) is 0 Å². The monoisotopic (exact) mass is 301 g/mol. The fourth-order valence-electron chi connectivity index (χ4n) is 2.19. The highest BCUT2D eigenvalue weighted by atomic mass is 16.7. The van der Waals surface area contributed by atoms with Gasteiger partial charge in [-0.3, -0.25) is 0 Å². The molecule has 1 aromatic rings. The second-order valence-electron chi connectivity index (χ2n) is 6.77. The highest BCUT2D eigenvalue weighted by Gasteiger charge is 2.55. The number of para-hydroxylation sites is 1. The van der Waals surface area contributed by atoms with Gasteiger partial charge in [0.25, 0.3) is 0 Å². The molecule has 4 nitrogen and oxygen atoms in total. The van der Waals surface area contributed by atoms with Crippen LogP contribution in [0.3, 0.4) is 0 Å². The van der Waals surface area contributed by atoms with E-state index in [0.717, 1.165) is 0 Å². The van der Waals surface area contributed by atoms with Crippen LogP contribution >= 0.6 is 0 Å². The predicted octanol–water partition coefficient (Wildman–Crippen LogP) is 3.81. The fourth-order valence-corrected chi connectivity index (χ4v) is 2.19. The summed E-state index contributed by atoms with van der Waals surface area (Å²) in [5.41, 5.74) is 0.297. The smallest absolute Gasteiger partial charge is 0.461 e. The molecule has 1 aliphatic heterocycles. The topological polar surface area (TPSA) is 51.5 Å². The van der Waals surface area contributed by atoms with E-state index in [2.05, 4.69) is 27.7 Å². The van der Waals surface area contributed by atoms with Gasteiger partial charge in [-0.25, -0.2) is 0 Å². The molecule has 0 amide bonds. The summed E-state index contributed by atoms with van der Waals surface area (Å²) in [5.74, 6) is 1.30. The highest BCUT2D eigenvalue weighted by molar-refractivity contribution is 6.48. The molecule has 2 aliphatic rings. The molecule has 5 heteroatoms. The van der Waals surface area contributed by atoms with E-state index in [1.807, 2.05) is 12.1 Å². The number of nitrogens with zero attached hydrogens (tertiary/aromatic N) is 1. The van der Waals surface area contributed by atoms with Crippen LogP contribution in [-0.2, 0) is 9.31 Å². The largest absolute Gasteiger partial charge is 0.495 e. The third-order valence-corrected chi connectivity index (χ3v) is 4.51. The molecule has 0 spiro atoms. The lowest BCUT2D eigenvalue weighted by atomic mass is 9.82. The van der Waals surface area contributed by atoms with Crippen LogP contribution in [0.2, 0.25) is 5.82 Å². The summed E-state index contributed by atoms with van der Waals surface area (Å²) >= 11 is 0. The van der Waals surface area contributed by atoms with Crippen LogP contribution in [0.25, 0.3) is 0 Å². The molecule has 1 saturated heterocycles. The third-order valence-electron chi connectivity index (χ3n) is 4.51. The molecule has 1 aromatic carbocycles. The first-order valence-electron chi connectivity index (χ1n) is 7.69. The van der Waals surface area contributed by atoms with E-state index in [-0.39, 0.29) is 18.3 Å². The second-order valence-corrected chi connectivity index (χ2v) is 6.77. The summed E-state index contributed by atoms with van der Waals surface area (Å²) in [7, 11) is 1.62. The summed E-state index contributed by atoms with van der Waals surface area (Å²) in [5, 5.41) is 8.52. The maximum Gasteiger partial charge on any atom is 0.461 e. The quantitative estimate of drug-likeness (QED) is 0.779. The summed E-state index contributed by atoms with van der Waals surface area (Å²) in [4.78, 5) is 0. The van der Waals surface area contributed by atoms with Crippen molar-refractivity contribution in [3.05, 3.63) is 29.8 Å². The van der Waals surface area contributed by atoms with Crippen molar-refractivity contribution in [1.29, 1.82) is 5.26 Å². The van der Waals surface area contributed by atoms with E-state index in [1.165, 1.54) is 12.8 Å². The summed E-state index contributed by atoms with van der Waals surface area (Å²) in [6, 6.07) is 9.14. The lowest BCUT2D eigenvalue weighted by Gasteiger charge is -2.32. The van der Waals surface area contributed by atoms with Gasteiger partial charge >= 0.3 is 7.12 Å². The summed E-state index contributed by atoms with van der Waals surface area (Å²) in [6.07, 6.45) is 2.55. The number of hydrogen-bond acceptors (Lipinski definition) is 4. The normalized spacial score (nSPS) is 21.5. The fraction of sp³-hybridized carbons (Fsp3) is 0.588. The predicted molar refractivity (Wildman–Crippen MR) is 86.8 cm³/mol. The number of methoxy groups -OCH3 is 1. The van der Waals surface area contributed by atoms with Crippen molar-refractivity contribution in [2.45, 2.75) is 57.6 Å². The van der Waals surface area contributed by atoms with Crippen LogP contribution in [0.5, 0.6) is 5.75 Å². The molecule has 22 heavy (non-hydrogen) atoms. The number of rotatable bonds is 2. The molecule has 0 atom stereocenters. The zero-order valence-electron chi connectivity index (χ0n) is 14.1. The first-order chi connectivity index (χ1) is 10.3. The van der Waals surface area contributed by atoms with Crippen LogP contribution in [0.4, 0.5) is 0 Å². The Morgan fingerprint density at radius 2 is 1.68 bits per heavy atom. The standard InChI is InChI=1S/C9H17BO2.C8H7NO/c1-8(2)9(3,4)12-10(11-8)7-5-6-7;1-10-8-5-3-2-4-7(8)6-9/h7H,5-6H2,1-4H3;2-5H,1H3. The van der Waals surface area contributed by atoms with Gasteiger partial charge in [0.1, 0.15) is 11.8 Å². The SMILES string of the molecule is CC1(C)OB(C2CC2)OC1(C)C.COc1ccccc1C#N. The minimum absolute atomic E-state index is 0.0648. The van der Waals surface area contributed by atoms with Gasteiger partial charge < -0.3 is 14.0 Å². The van der Waals surface area contributed by atoms with Gasteiger partial charge in [0.05, 0.1) is 23.9 Å². The van der Waals surface area contributed by atoms with Gasteiger partial charge in [-0.2, -0.15) is 5.26 Å². The van der Waals surface area contributed by atoms with Crippen molar-refractivity contribution >= 4 is 7.12 Å². The molecule has 1 aliphatic carbocycles. The molecule has 2 fully saturated rings. The first-order valence-corrected chi connectivity index (χ1v) is 7.69. The maximum absolute atomic E-state index is 8.52. The van der Waals surface area contributed by atoms with Crippen LogP contribution in [0, 0.1) is 11.3 Å². The maximum atomic E-state index is 8.52. The van der Waals surface area contributed by atoms with E-state index in [0.29, 0.717) is 17.1 Å². The van der Waals surface area contributed by atoms with Crippen molar-refractivity contribution in [1.82, 2.24) is 0 Å². The molecule has 0 aromatic heterocycles. The molecule has 0 bridgehead atoms. The highest BCUT2D eigenvalue weighted by Crippen LogP contribution is 2.48. The molecule has 1 saturated carbocycles. The van der Waals surface area contributed by atoms with E-state index in [9.17, 15) is 0 Å². The van der Waals surface area contributed by atoms with Gasteiger partial charge in [-0.1, -0.05) is 25.0 Å². The van der Waals surface area contributed by atoms with Gasteiger partial charge in [0.2, 0.25) is 0 Å². The van der Waals surface area contributed by atoms with Crippen molar-refractivity contribution < 1.29 is 14.0 Å². The van der Waals surface area contributed by atoms with E-state index in [4.69, 9.17) is 19.3 Å². The van der Waals surface area contributed by atoms with Crippen molar-refractivity contribution in [2.75, 3.05) is 7.11 Å². The van der Waals surface area contributed by atoms with E-state index < -0.39 is 0 Å². The Morgan fingerprint density at radius 3 is 2.09 bits per heavy atom. The Hall–Kier alpha value is -1.51. The average molecular weight is 301 g/mol. The molecule has 3 rings (SSSR count). The molecular formula is C17H24BNO3. The van der Waals surface area contributed by atoms with Crippen molar-refractivity contribution in [3.63, 3.8) is 0 Å². The number of ether oxygens (including phenoxy) is 1. The van der Waals surface area contributed by atoms with Crippen LogP contribution in [-0.4, -0.2) is 25.4 Å². The Morgan fingerprint density at radius 1 is 1.14 bits per heavy atom. The van der Waals surface area contributed by atoms with Gasteiger partial charge in [0, 0.05) is 0 Å². The number of benzene rings is 1. The number of nitriles is 1. The first kappa shape index (κ1) is 16.9. The number of hydrogen-bond donors (Lipinski definition) is 0.